The van der Waals surface area contributed by atoms with Gasteiger partial charge in [-0.25, -0.2) is 4.79 Å². The van der Waals surface area contributed by atoms with E-state index >= 15 is 0 Å². The van der Waals surface area contributed by atoms with E-state index in [0.29, 0.717) is 0 Å². The minimum atomic E-state index is -0.979. The summed E-state index contributed by atoms with van der Waals surface area (Å²) < 4.78 is 9.25. The molecule has 1 amide bonds. The Hall–Kier alpha value is -2.08. The van der Waals surface area contributed by atoms with Crippen molar-refractivity contribution in [1.82, 2.24) is 5.32 Å². The summed E-state index contributed by atoms with van der Waals surface area (Å²) in [6.07, 6.45) is -0.0287. The second kappa shape index (κ2) is 8.38. The van der Waals surface area contributed by atoms with Crippen molar-refractivity contribution in [3.05, 3.63) is 34.9 Å². The maximum absolute atomic E-state index is 12.2. The monoisotopic (exact) mass is 327 g/mol. The second-order valence-electron chi connectivity index (χ2n) is 4.71. The van der Waals surface area contributed by atoms with Gasteiger partial charge in [0.2, 0.25) is 0 Å². The summed E-state index contributed by atoms with van der Waals surface area (Å²) >= 11 is 5.95. The first-order valence-electron chi connectivity index (χ1n) is 6.60. The molecule has 1 N–H and O–H groups in total. The predicted octanol–water partition coefficient (Wildman–Crippen LogP) is 1.81. The molecule has 0 aromatic heterocycles. The number of methoxy groups -OCH3 is 2. The lowest BCUT2D eigenvalue weighted by atomic mass is 9.98. The van der Waals surface area contributed by atoms with E-state index in [1.54, 1.807) is 25.1 Å². The van der Waals surface area contributed by atoms with Crippen LogP contribution in [0.5, 0.6) is 0 Å². The molecule has 0 aliphatic heterocycles. The number of esters is 2. The molecule has 1 rings (SSSR count). The summed E-state index contributed by atoms with van der Waals surface area (Å²) in [6.45, 7) is 1.64. The van der Waals surface area contributed by atoms with Crippen LogP contribution < -0.4 is 5.32 Å². The molecule has 7 heteroatoms. The smallest absolute Gasteiger partial charge is 0.328 e. The molecule has 0 aliphatic rings. The number of ether oxygens (including phenoxy) is 2. The van der Waals surface area contributed by atoms with E-state index < -0.39 is 29.8 Å². The Labute approximate surface area is 133 Å². The van der Waals surface area contributed by atoms with E-state index in [1.165, 1.54) is 20.3 Å². The molecule has 1 aromatic carbocycles. The molecule has 0 saturated carbocycles. The minimum Gasteiger partial charge on any atom is -0.469 e. The third-order valence-electron chi connectivity index (χ3n) is 3.15. The molecule has 0 saturated heterocycles. The van der Waals surface area contributed by atoms with Gasteiger partial charge in [0.05, 0.1) is 31.2 Å². The van der Waals surface area contributed by atoms with Crippen LogP contribution in [0, 0.1) is 5.92 Å². The van der Waals surface area contributed by atoms with Crippen LogP contribution in [0.2, 0.25) is 5.02 Å². The Bertz CT molecular complexity index is 561. The average Bonchev–Trinajstić information content (AvgIpc) is 2.51. The Balaban J connectivity index is 2.90. The first kappa shape index (κ1) is 18.0. The van der Waals surface area contributed by atoms with Crippen LogP contribution in [0.3, 0.4) is 0 Å². The highest BCUT2D eigenvalue weighted by Crippen LogP contribution is 2.17. The van der Waals surface area contributed by atoms with Crippen molar-refractivity contribution < 1.29 is 23.9 Å². The van der Waals surface area contributed by atoms with E-state index in [4.69, 9.17) is 11.6 Å². The van der Waals surface area contributed by atoms with Crippen LogP contribution in [0.15, 0.2) is 24.3 Å². The Morgan fingerprint density at radius 2 is 1.82 bits per heavy atom. The summed E-state index contributed by atoms with van der Waals surface area (Å²) in [4.78, 5) is 35.4. The molecular weight excluding hydrogens is 310 g/mol. The average molecular weight is 328 g/mol. The van der Waals surface area contributed by atoms with E-state index in [-0.39, 0.29) is 17.0 Å². The van der Waals surface area contributed by atoms with Gasteiger partial charge in [0.1, 0.15) is 6.04 Å². The largest absolute Gasteiger partial charge is 0.469 e. The minimum absolute atomic E-state index is 0.0287. The number of benzene rings is 1. The van der Waals surface area contributed by atoms with Gasteiger partial charge in [-0.05, 0) is 18.1 Å². The highest BCUT2D eigenvalue weighted by atomic mass is 35.5. The fraction of sp³-hybridized carbons (Fsp3) is 0.400. The van der Waals surface area contributed by atoms with Gasteiger partial charge in [-0.1, -0.05) is 30.7 Å². The van der Waals surface area contributed by atoms with Gasteiger partial charge in [-0.15, -0.1) is 0 Å². The standard InChI is InChI=1S/C15H18ClNO5/c1-9(8-12(18)21-2)13(15(20)22-3)17-14(19)10-6-4-5-7-11(10)16/h4-7,9,13H,8H2,1-3H3,(H,17,19)/t9-,13+/m1/s1. The van der Waals surface area contributed by atoms with Crippen LogP contribution in [-0.4, -0.2) is 38.1 Å². The van der Waals surface area contributed by atoms with Crippen molar-refractivity contribution in [3.8, 4) is 0 Å². The molecule has 2 atom stereocenters. The number of carbonyl (C=O) groups is 3. The van der Waals surface area contributed by atoms with Crippen LogP contribution in [-0.2, 0) is 19.1 Å². The lowest BCUT2D eigenvalue weighted by molar-refractivity contribution is -0.146. The van der Waals surface area contributed by atoms with Crippen LogP contribution in [0.25, 0.3) is 0 Å². The summed E-state index contributed by atoms with van der Waals surface area (Å²) in [5.74, 6) is -2.13. The summed E-state index contributed by atoms with van der Waals surface area (Å²) in [5.41, 5.74) is 0.239. The van der Waals surface area contributed by atoms with Crippen molar-refractivity contribution in [2.24, 2.45) is 5.92 Å². The SMILES string of the molecule is COC(=O)C[C@@H](C)[C@H](NC(=O)c1ccccc1Cl)C(=O)OC. The van der Waals surface area contributed by atoms with Crippen molar-refractivity contribution in [3.63, 3.8) is 0 Å². The molecule has 1 aromatic rings. The van der Waals surface area contributed by atoms with E-state index in [0.717, 1.165) is 0 Å². The number of rotatable bonds is 6. The summed E-state index contributed by atoms with van der Waals surface area (Å²) in [7, 11) is 2.46. The fourth-order valence-electron chi connectivity index (χ4n) is 1.89. The van der Waals surface area contributed by atoms with Gasteiger partial charge < -0.3 is 14.8 Å². The lowest BCUT2D eigenvalue weighted by Crippen LogP contribution is -2.46. The zero-order valence-electron chi connectivity index (χ0n) is 12.6. The third kappa shape index (κ3) is 4.73. The molecule has 0 aliphatic carbocycles. The molecule has 0 radical (unpaired) electrons. The van der Waals surface area contributed by atoms with Gasteiger partial charge >= 0.3 is 11.9 Å². The number of hydrogen-bond donors (Lipinski definition) is 1. The van der Waals surface area contributed by atoms with Gasteiger partial charge in [-0.3, -0.25) is 9.59 Å². The molecule has 0 heterocycles. The Morgan fingerprint density at radius 3 is 2.36 bits per heavy atom. The number of carbonyl (C=O) groups excluding carboxylic acids is 3. The first-order chi connectivity index (χ1) is 10.4. The molecule has 0 bridgehead atoms. The summed E-state index contributed by atoms with van der Waals surface area (Å²) in [5, 5.41) is 2.82. The molecule has 22 heavy (non-hydrogen) atoms. The second-order valence-corrected chi connectivity index (χ2v) is 5.12. The number of halogens is 1. The molecule has 6 nitrogen and oxygen atoms in total. The van der Waals surface area contributed by atoms with E-state index in [2.05, 4.69) is 14.8 Å². The van der Waals surface area contributed by atoms with Crippen LogP contribution >= 0.6 is 11.6 Å². The van der Waals surface area contributed by atoms with Crippen molar-refractivity contribution in [2.45, 2.75) is 19.4 Å². The van der Waals surface area contributed by atoms with Crippen molar-refractivity contribution >= 4 is 29.4 Å². The zero-order chi connectivity index (χ0) is 16.7. The third-order valence-corrected chi connectivity index (χ3v) is 3.48. The van der Waals surface area contributed by atoms with Crippen LogP contribution in [0.1, 0.15) is 23.7 Å². The lowest BCUT2D eigenvalue weighted by Gasteiger charge is -2.22. The zero-order valence-corrected chi connectivity index (χ0v) is 13.3. The molecule has 0 spiro atoms. The van der Waals surface area contributed by atoms with E-state index in [9.17, 15) is 14.4 Å². The Morgan fingerprint density at radius 1 is 1.18 bits per heavy atom. The van der Waals surface area contributed by atoms with Crippen molar-refractivity contribution in [1.29, 1.82) is 0 Å². The number of hydrogen-bond acceptors (Lipinski definition) is 5. The quantitative estimate of drug-likeness (QED) is 0.806. The normalized spacial score (nSPS) is 12.9. The number of nitrogens with one attached hydrogen (secondary N) is 1. The molecular formula is C15H18ClNO5. The van der Waals surface area contributed by atoms with Gasteiger partial charge in [0, 0.05) is 0 Å². The number of amides is 1. The molecule has 0 unspecified atom stereocenters. The van der Waals surface area contributed by atoms with Gasteiger partial charge in [0.15, 0.2) is 0 Å². The first-order valence-corrected chi connectivity index (χ1v) is 6.98. The molecule has 0 fully saturated rings. The van der Waals surface area contributed by atoms with Gasteiger partial charge in [0.25, 0.3) is 5.91 Å². The highest BCUT2D eigenvalue weighted by Gasteiger charge is 2.30. The fourth-order valence-corrected chi connectivity index (χ4v) is 2.11. The van der Waals surface area contributed by atoms with Gasteiger partial charge in [-0.2, -0.15) is 0 Å². The Kier molecular flexibility index (Phi) is 6.85. The maximum Gasteiger partial charge on any atom is 0.328 e. The topological polar surface area (TPSA) is 81.7 Å². The van der Waals surface area contributed by atoms with Crippen molar-refractivity contribution in [2.75, 3.05) is 14.2 Å². The van der Waals surface area contributed by atoms with E-state index in [1.807, 2.05) is 0 Å². The maximum atomic E-state index is 12.2. The van der Waals surface area contributed by atoms with Crippen LogP contribution in [0.4, 0.5) is 0 Å². The molecule has 120 valence electrons. The predicted molar refractivity (Wildman–Crippen MR) is 80.5 cm³/mol. The summed E-state index contributed by atoms with van der Waals surface area (Å²) in [6, 6.07) is 5.48. The highest BCUT2D eigenvalue weighted by molar-refractivity contribution is 6.33.